The maximum atomic E-state index is 9.46. The largest absolute Gasteiger partial charge is 0.504 e. The lowest BCUT2D eigenvalue weighted by molar-refractivity contribution is 0.372. The number of phenolic OH excluding ortho intramolecular Hbond substituents is 1. The number of aromatic hydroxyl groups is 1. The molecule has 0 aliphatic heterocycles. The first-order chi connectivity index (χ1) is 8.69. The Bertz CT molecular complexity index is 525. The molecule has 6 heteroatoms. The van der Waals surface area contributed by atoms with Crippen LogP contribution in [0.25, 0.3) is 0 Å². The van der Waals surface area contributed by atoms with E-state index in [2.05, 4.69) is 15.5 Å². The van der Waals surface area contributed by atoms with E-state index in [9.17, 15) is 5.11 Å². The summed E-state index contributed by atoms with van der Waals surface area (Å²) in [6.45, 7) is 2.91. The van der Waals surface area contributed by atoms with Gasteiger partial charge in [-0.3, -0.25) is 0 Å². The Morgan fingerprint density at radius 3 is 2.89 bits per heavy atom. The molecule has 0 aliphatic carbocycles. The molecule has 0 aliphatic rings. The topological polar surface area (TPSA) is 80.4 Å². The molecule has 6 nitrogen and oxygen atoms in total. The molecule has 0 saturated heterocycles. The van der Waals surface area contributed by atoms with Crippen LogP contribution in [0.2, 0.25) is 0 Å². The molecular formula is C12H15N3O3. The van der Waals surface area contributed by atoms with Crippen LogP contribution < -0.4 is 10.1 Å². The van der Waals surface area contributed by atoms with Crippen LogP contribution in [0.5, 0.6) is 11.5 Å². The number of hydrogen-bond acceptors (Lipinski definition) is 6. The van der Waals surface area contributed by atoms with Crippen LogP contribution in [-0.4, -0.2) is 22.4 Å². The van der Waals surface area contributed by atoms with E-state index in [0.717, 1.165) is 5.56 Å². The molecule has 2 N–H and O–H groups in total. The van der Waals surface area contributed by atoms with Gasteiger partial charge in [0.25, 0.3) is 0 Å². The first kappa shape index (κ1) is 12.4. The molecular weight excluding hydrogens is 234 g/mol. The molecule has 0 amide bonds. The minimum Gasteiger partial charge on any atom is -0.504 e. The summed E-state index contributed by atoms with van der Waals surface area (Å²) < 4.78 is 9.90. The first-order valence-corrected chi connectivity index (χ1v) is 5.55. The Labute approximate surface area is 105 Å². The predicted octanol–water partition coefficient (Wildman–Crippen LogP) is 1.38. The van der Waals surface area contributed by atoms with E-state index in [0.29, 0.717) is 30.6 Å². The number of rotatable bonds is 5. The Balaban J connectivity index is 1.90. The fourth-order valence-electron chi connectivity index (χ4n) is 1.56. The van der Waals surface area contributed by atoms with Gasteiger partial charge in [-0.25, -0.2) is 0 Å². The lowest BCUT2D eigenvalue weighted by Crippen LogP contribution is -2.13. The molecule has 0 fully saturated rings. The molecule has 0 bridgehead atoms. The number of nitrogens with zero attached hydrogens (tertiary/aromatic N) is 2. The summed E-state index contributed by atoms with van der Waals surface area (Å²) in [5.74, 6) is 1.77. The van der Waals surface area contributed by atoms with E-state index in [-0.39, 0.29) is 5.75 Å². The Morgan fingerprint density at radius 2 is 2.22 bits per heavy atom. The fraction of sp³-hybridized carbons (Fsp3) is 0.333. The summed E-state index contributed by atoms with van der Waals surface area (Å²) >= 11 is 0. The van der Waals surface area contributed by atoms with Crippen LogP contribution in [0.1, 0.15) is 17.3 Å². The van der Waals surface area contributed by atoms with Crippen molar-refractivity contribution in [2.45, 2.75) is 20.0 Å². The van der Waals surface area contributed by atoms with Crippen molar-refractivity contribution in [3.8, 4) is 11.5 Å². The number of ether oxygens (including phenoxy) is 1. The maximum Gasteiger partial charge on any atom is 0.223 e. The van der Waals surface area contributed by atoms with Crippen LogP contribution in [-0.2, 0) is 13.1 Å². The van der Waals surface area contributed by atoms with Gasteiger partial charge in [-0.2, -0.15) is 4.98 Å². The smallest absolute Gasteiger partial charge is 0.223 e. The van der Waals surface area contributed by atoms with Gasteiger partial charge >= 0.3 is 0 Å². The molecule has 0 atom stereocenters. The predicted molar refractivity (Wildman–Crippen MR) is 64.2 cm³/mol. The molecule has 1 aromatic carbocycles. The lowest BCUT2D eigenvalue weighted by atomic mass is 10.2. The Kier molecular flexibility index (Phi) is 3.78. The van der Waals surface area contributed by atoms with E-state index in [1.54, 1.807) is 19.1 Å². The van der Waals surface area contributed by atoms with Gasteiger partial charge in [0, 0.05) is 13.5 Å². The molecule has 0 radical (unpaired) electrons. The van der Waals surface area contributed by atoms with Gasteiger partial charge in [-0.05, 0) is 17.7 Å². The zero-order chi connectivity index (χ0) is 13.0. The van der Waals surface area contributed by atoms with Gasteiger partial charge in [0.1, 0.15) is 0 Å². The van der Waals surface area contributed by atoms with Crippen molar-refractivity contribution in [2.75, 3.05) is 7.11 Å². The minimum absolute atomic E-state index is 0.134. The summed E-state index contributed by atoms with van der Waals surface area (Å²) in [6, 6.07) is 5.21. The van der Waals surface area contributed by atoms with E-state index in [1.807, 2.05) is 6.07 Å². The molecule has 1 aromatic heterocycles. The second kappa shape index (κ2) is 5.50. The van der Waals surface area contributed by atoms with Gasteiger partial charge in [-0.1, -0.05) is 11.2 Å². The maximum absolute atomic E-state index is 9.46. The number of aromatic nitrogens is 2. The van der Waals surface area contributed by atoms with Gasteiger partial charge in [-0.15, -0.1) is 0 Å². The molecule has 0 spiro atoms. The highest BCUT2D eigenvalue weighted by atomic mass is 16.5. The molecule has 2 rings (SSSR count). The second-order valence-corrected chi connectivity index (χ2v) is 3.84. The van der Waals surface area contributed by atoms with Gasteiger partial charge < -0.3 is 19.7 Å². The van der Waals surface area contributed by atoms with E-state index < -0.39 is 0 Å². The average molecular weight is 249 g/mol. The van der Waals surface area contributed by atoms with E-state index in [1.165, 1.54) is 7.11 Å². The van der Waals surface area contributed by atoms with Crippen molar-refractivity contribution in [3.05, 3.63) is 35.5 Å². The standard InChI is InChI=1S/C12H15N3O3/c1-8-14-12(15-18-8)7-13-6-9-3-4-10(16)11(5-9)17-2/h3-5,13,16H,6-7H2,1-2H3. The third kappa shape index (κ3) is 2.98. The van der Waals surface area contributed by atoms with Crippen molar-refractivity contribution in [2.24, 2.45) is 0 Å². The highest BCUT2D eigenvalue weighted by Crippen LogP contribution is 2.26. The highest BCUT2D eigenvalue weighted by Gasteiger charge is 2.04. The summed E-state index contributed by atoms with van der Waals surface area (Å²) in [4.78, 5) is 4.08. The number of aryl methyl sites for hydroxylation is 1. The van der Waals surface area contributed by atoms with Crippen molar-refractivity contribution < 1.29 is 14.4 Å². The number of phenols is 1. The lowest BCUT2D eigenvalue weighted by Gasteiger charge is -2.06. The summed E-state index contributed by atoms with van der Waals surface area (Å²) in [6.07, 6.45) is 0. The van der Waals surface area contributed by atoms with Crippen LogP contribution >= 0.6 is 0 Å². The van der Waals surface area contributed by atoms with Crippen molar-refractivity contribution >= 4 is 0 Å². The fourth-order valence-corrected chi connectivity index (χ4v) is 1.56. The summed E-state index contributed by atoms with van der Waals surface area (Å²) in [7, 11) is 1.52. The minimum atomic E-state index is 0.134. The molecule has 96 valence electrons. The van der Waals surface area contributed by atoms with Crippen molar-refractivity contribution in [1.29, 1.82) is 0 Å². The molecule has 0 unspecified atom stereocenters. The monoisotopic (exact) mass is 249 g/mol. The van der Waals surface area contributed by atoms with Crippen LogP contribution in [0.15, 0.2) is 22.7 Å². The summed E-state index contributed by atoms with van der Waals surface area (Å²) in [5, 5.41) is 16.4. The highest BCUT2D eigenvalue weighted by molar-refractivity contribution is 5.41. The molecule has 2 aromatic rings. The van der Waals surface area contributed by atoms with E-state index in [4.69, 9.17) is 9.26 Å². The summed E-state index contributed by atoms with van der Waals surface area (Å²) in [5.41, 5.74) is 1.00. The van der Waals surface area contributed by atoms with Crippen molar-refractivity contribution in [1.82, 2.24) is 15.5 Å². The van der Waals surface area contributed by atoms with Crippen LogP contribution in [0, 0.1) is 6.92 Å². The average Bonchev–Trinajstić information content (AvgIpc) is 2.77. The third-order valence-corrected chi connectivity index (χ3v) is 2.43. The molecule has 18 heavy (non-hydrogen) atoms. The molecule has 1 heterocycles. The van der Waals surface area contributed by atoms with Crippen molar-refractivity contribution in [3.63, 3.8) is 0 Å². The van der Waals surface area contributed by atoms with Gasteiger partial charge in [0.2, 0.25) is 5.89 Å². The SMILES string of the molecule is COc1cc(CNCc2noc(C)n2)ccc1O. The second-order valence-electron chi connectivity index (χ2n) is 3.84. The number of nitrogens with one attached hydrogen (secondary N) is 1. The first-order valence-electron chi connectivity index (χ1n) is 5.55. The Morgan fingerprint density at radius 1 is 1.39 bits per heavy atom. The normalized spacial score (nSPS) is 10.6. The van der Waals surface area contributed by atoms with E-state index >= 15 is 0 Å². The quantitative estimate of drug-likeness (QED) is 0.833. The number of methoxy groups -OCH3 is 1. The zero-order valence-electron chi connectivity index (χ0n) is 10.3. The third-order valence-electron chi connectivity index (χ3n) is 2.43. The van der Waals surface area contributed by atoms with Crippen LogP contribution in [0.4, 0.5) is 0 Å². The zero-order valence-corrected chi connectivity index (χ0v) is 10.3. The van der Waals surface area contributed by atoms with Gasteiger partial charge in [0.15, 0.2) is 17.3 Å². The Hall–Kier alpha value is -2.08. The van der Waals surface area contributed by atoms with Crippen LogP contribution in [0.3, 0.4) is 0 Å². The number of hydrogen-bond donors (Lipinski definition) is 2. The number of benzene rings is 1. The molecule has 0 saturated carbocycles. The van der Waals surface area contributed by atoms with Gasteiger partial charge in [0.05, 0.1) is 13.7 Å².